The molecule has 0 radical (unpaired) electrons. The Kier molecular flexibility index (Phi) is 22.6. The van der Waals surface area contributed by atoms with Crippen molar-refractivity contribution in [3.05, 3.63) is 0 Å². The van der Waals surface area contributed by atoms with Gasteiger partial charge in [-0.15, -0.1) is 0 Å². The molecule has 0 aliphatic rings. The van der Waals surface area contributed by atoms with Gasteiger partial charge in [0.1, 0.15) is 0 Å². The molecule has 0 fully saturated rings. The van der Waals surface area contributed by atoms with Crippen molar-refractivity contribution in [2.75, 3.05) is 0 Å². The molecule has 0 amide bonds. The summed E-state index contributed by atoms with van der Waals surface area (Å²) < 4.78 is 32.3. The molecule has 4 nitrogen and oxygen atoms in total. The number of aliphatic hydroxyl groups excluding tert-OH is 1. The van der Waals surface area contributed by atoms with Crippen molar-refractivity contribution in [1.82, 2.24) is 0 Å². The fourth-order valence-corrected chi connectivity index (χ4v) is 3.60. The fourth-order valence-electron chi connectivity index (χ4n) is 3.14. The van der Waals surface area contributed by atoms with Gasteiger partial charge in [-0.2, -0.15) is 0 Å². The third-order valence-corrected chi connectivity index (χ3v) is 6.25. The van der Waals surface area contributed by atoms with Crippen LogP contribution in [0.25, 0.3) is 0 Å². The zero-order valence-corrected chi connectivity index (χ0v) is 21.5. The normalized spacial score (nSPS) is 14.0. The maximum absolute atomic E-state index is 10.8. The van der Waals surface area contributed by atoms with Crippen LogP contribution in [0.15, 0.2) is 0 Å². The van der Waals surface area contributed by atoms with E-state index in [-0.39, 0.29) is 57.5 Å². The van der Waals surface area contributed by atoms with Crippen molar-refractivity contribution in [1.29, 1.82) is 0 Å². The molecule has 0 aromatic heterocycles. The standard InChI is InChI=1S/C20H42O4S.K/c1-3-4-5-6-7-8-9-10-11-12-13-17-20(21)18-15-14-16-19(2)25(22,23)24;/h19-21H,3-18H2,1-2H3,(H,22,23,24);/q;+1/p-1. The molecule has 0 aliphatic heterocycles. The summed E-state index contributed by atoms with van der Waals surface area (Å²) in [7, 11) is -4.15. The molecule has 6 heteroatoms. The van der Waals surface area contributed by atoms with E-state index >= 15 is 0 Å². The molecule has 0 saturated carbocycles. The third-order valence-electron chi connectivity index (χ3n) is 5.03. The first kappa shape index (κ1) is 29.7. The molecule has 0 spiro atoms. The molecular formula is C20H41KO4S. The van der Waals surface area contributed by atoms with Crippen LogP contribution in [0.3, 0.4) is 0 Å². The number of rotatable bonds is 18. The molecule has 0 saturated heterocycles. The van der Waals surface area contributed by atoms with Gasteiger partial charge in [-0.25, -0.2) is 8.42 Å². The van der Waals surface area contributed by atoms with Crippen molar-refractivity contribution < 1.29 is 69.5 Å². The predicted octanol–water partition coefficient (Wildman–Crippen LogP) is 2.55. The zero-order valence-electron chi connectivity index (χ0n) is 17.5. The van der Waals surface area contributed by atoms with Crippen LogP contribution in [-0.4, -0.2) is 29.4 Å². The molecule has 152 valence electrons. The summed E-state index contributed by atoms with van der Waals surface area (Å²) in [6.45, 7) is 3.71. The van der Waals surface area contributed by atoms with Crippen LogP contribution < -0.4 is 51.4 Å². The summed E-state index contributed by atoms with van der Waals surface area (Å²) in [6, 6.07) is 0. The van der Waals surface area contributed by atoms with Crippen molar-refractivity contribution in [2.24, 2.45) is 0 Å². The van der Waals surface area contributed by atoms with Gasteiger partial charge in [0.25, 0.3) is 0 Å². The first-order valence-electron chi connectivity index (χ1n) is 10.5. The Morgan fingerprint density at radius 1 is 0.731 bits per heavy atom. The number of hydrogen-bond donors (Lipinski definition) is 1. The van der Waals surface area contributed by atoms with Crippen molar-refractivity contribution in [2.45, 2.75) is 128 Å². The van der Waals surface area contributed by atoms with E-state index in [9.17, 15) is 18.1 Å². The SMILES string of the molecule is CCCCCCCCCCCCCC(O)CCCCC(C)S(=O)(=O)[O-].[K+]. The first-order chi connectivity index (χ1) is 11.9. The van der Waals surface area contributed by atoms with Crippen LogP contribution in [-0.2, 0) is 10.1 Å². The molecule has 26 heavy (non-hydrogen) atoms. The Morgan fingerprint density at radius 2 is 1.08 bits per heavy atom. The second kappa shape index (κ2) is 19.8. The molecular weight excluding hydrogens is 375 g/mol. The Bertz CT molecular complexity index is 387. The van der Waals surface area contributed by atoms with Crippen LogP contribution in [0, 0.1) is 0 Å². The zero-order chi connectivity index (χ0) is 19.0. The smallest absolute Gasteiger partial charge is 0.748 e. The minimum atomic E-state index is -4.15. The second-order valence-electron chi connectivity index (χ2n) is 7.57. The maximum Gasteiger partial charge on any atom is 1.00 e. The summed E-state index contributed by atoms with van der Waals surface area (Å²) in [4.78, 5) is 0. The van der Waals surface area contributed by atoms with Gasteiger partial charge in [0.05, 0.1) is 16.2 Å². The molecule has 2 atom stereocenters. The van der Waals surface area contributed by atoms with Crippen LogP contribution in [0.5, 0.6) is 0 Å². The van der Waals surface area contributed by atoms with Gasteiger partial charge in [-0.1, -0.05) is 90.4 Å². The van der Waals surface area contributed by atoms with Gasteiger partial charge in [-0.3, -0.25) is 0 Å². The van der Waals surface area contributed by atoms with Gasteiger partial charge < -0.3 is 9.66 Å². The molecule has 0 aliphatic carbocycles. The summed E-state index contributed by atoms with van der Waals surface area (Å²) >= 11 is 0. The molecule has 0 heterocycles. The van der Waals surface area contributed by atoms with E-state index in [0.29, 0.717) is 19.3 Å². The quantitative estimate of drug-likeness (QED) is 0.212. The minimum Gasteiger partial charge on any atom is -0.748 e. The van der Waals surface area contributed by atoms with E-state index in [4.69, 9.17) is 0 Å². The van der Waals surface area contributed by atoms with E-state index in [2.05, 4.69) is 6.92 Å². The first-order valence-corrected chi connectivity index (χ1v) is 12.0. The van der Waals surface area contributed by atoms with E-state index in [1.165, 1.54) is 71.1 Å². The largest absolute Gasteiger partial charge is 1.00 e. The Labute approximate surface area is 205 Å². The van der Waals surface area contributed by atoms with Gasteiger partial charge in [-0.05, 0) is 26.2 Å². The summed E-state index contributed by atoms with van der Waals surface area (Å²) in [6.07, 6.45) is 17.5. The van der Waals surface area contributed by atoms with Gasteiger partial charge in [0.2, 0.25) is 0 Å². The van der Waals surface area contributed by atoms with E-state index in [0.717, 1.165) is 19.3 Å². The van der Waals surface area contributed by atoms with Crippen LogP contribution >= 0.6 is 0 Å². The number of hydrogen-bond acceptors (Lipinski definition) is 4. The Balaban J connectivity index is 0. The van der Waals surface area contributed by atoms with E-state index < -0.39 is 15.4 Å². The predicted molar refractivity (Wildman–Crippen MR) is 105 cm³/mol. The molecule has 2 unspecified atom stereocenters. The third kappa shape index (κ3) is 20.2. The van der Waals surface area contributed by atoms with Gasteiger partial charge in [0.15, 0.2) is 0 Å². The Morgan fingerprint density at radius 3 is 1.50 bits per heavy atom. The summed E-state index contributed by atoms with van der Waals surface area (Å²) in [5.41, 5.74) is 0. The van der Waals surface area contributed by atoms with Crippen LogP contribution in [0.1, 0.15) is 117 Å². The van der Waals surface area contributed by atoms with E-state index in [1.54, 1.807) is 0 Å². The monoisotopic (exact) mass is 416 g/mol. The maximum atomic E-state index is 10.8. The van der Waals surface area contributed by atoms with Gasteiger partial charge >= 0.3 is 51.4 Å². The molecule has 1 N–H and O–H groups in total. The second-order valence-corrected chi connectivity index (χ2v) is 9.36. The molecule has 0 aromatic carbocycles. The molecule has 0 rings (SSSR count). The average molecular weight is 417 g/mol. The minimum absolute atomic E-state index is 0. The van der Waals surface area contributed by atoms with Crippen LogP contribution in [0.2, 0.25) is 0 Å². The summed E-state index contributed by atoms with van der Waals surface area (Å²) in [5.74, 6) is 0. The molecule has 0 aromatic rings. The van der Waals surface area contributed by atoms with E-state index in [1.807, 2.05) is 0 Å². The van der Waals surface area contributed by atoms with Gasteiger partial charge in [0, 0.05) is 5.25 Å². The van der Waals surface area contributed by atoms with Crippen molar-refractivity contribution >= 4 is 10.1 Å². The molecule has 0 bridgehead atoms. The number of unbranched alkanes of at least 4 members (excludes halogenated alkanes) is 11. The van der Waals surface area contributed by atoms with Crippen LogP contribution in [0.4, 0.5) is 0 Å². The number of aliphatic hydroxyl groups is 1. The summed E-state index contributed by atoms with van der Waals surface area (Å²) in [5, 5.41) is 9.13. The van der Waals surface area contributed by atoms with Crippen molar-refractivity contribution in [3.63, 3.8) is 0 Å². The fraction of sp³-hybridized carbons (Fsp3) is 1.00. The topological polar surface area (TPSA) is 77.4 Å². The Hall–Kier alpha value is 1.51. The average Bonchev–Trinajstić information content (AvgIpc) is 2.55. The van der Waals surface area contributed by atoms with Crippen molar-refractivity contribution in [3.8, 4) is 0 Å².